The van der Waals surface area contributed by atoms with Crippen LogP contribution in [0.4, 0.5) is 0 Å². The van der Waals surface area contributed by atoms with Crippen molar-refractivity contribution in [3.63, 3.8) is 0 Å². The number of benzene rings is 2. The smallest absolute Gasteiger partial charge is 0.335 e. The fourth-order valence-corrected chi connectivity index (χ4v) is 3.08. The number of aromatic nitrogens is 3. The lowest BCUT2D eigenvalue weighted by Gasteiger charge is -2.07. The molecule has 0 aliphatic heterocycles. The third kappa shape index (κ3) is 3.19. The zero-order valence-corrected chi connectivity index (χ0v) is 14.0. The van der Waals surface area contributed by atoms with E-state index < -0.39 is 5.97 Å². The number of carboxylic acid groups (broad SMARTS) is 1. The van der Waals surface area contributed by atoms with Crippen LogP contribution in [0.15, 0.2) is 73.3 Å². The minimum atomic E-state index is -0.968. The second kappa shape index (κ2) is 6.80. The van der Waals surface area contributed by atoms with E-state index in [9.17, 15) is 4.79 Å². The fraction of sp³-hybridized carbons (Fsp3) is 0.0952. The predicted octanol–water partition coefficient (Wildman–Crippen LogP) is 4.04. The Kier molecular flexibility index (Phi) is 4.19. The van der Waals surface area contributed by atoms with Gasteiger partial charge in [0.1, 0.15) is 5.69 Å². The Morgan fingerprint density at radius 3 is 2.73 bits per heavy atom. The van der Waals surface area contributed by atoms with Crippen molar-refractivity contribution >= 4 is 16.7 Å². The van der Waals surface area contributed by atoms with Crippen molar-refractivity contribution in [2.45, 2.75) is 13.0 Å². The van der Waals surface area contributed by atoms with Gasteiger partial charge in [-0.05, 0) is 34.9 Å². The summed E-state index contributed by atoms with van der Waals surface area (Å²) in [5.41, 5.74) is 2.74. The van der Waals surface area contributed by atoms with Gasteiger partial charge in [-0.1, -0.05) is 42.5 Å². The van der Waals surface area contributed by atoms with Crippen molar-refractivity contribution in [1.82, 2.24) is 14.5 Å². The second-order valence-corrected chi connectivity index (χ2v) is 6.12. The van der Waals surface area contributed by atoms with Crippen LogP contribution in [0.5, 0.6) is 0 Å². The summed E-state index contributed by atoms with van der Waals surface area (Å²) in [5.74, 6) is -0.968. The first-order valence-electron chi connectivity index (χ1n) is 8.39. The fourth-order valence-electron chi connectivity index (χ4n) is 3.08. The first kappa shape index (κ1) is 16.0. The van der Waals surface area contributed by atoms with Crippen LogP contribution < -0.4 is 0 Å². The minimum absolute atomic E-state index is 0.209. The van der Waals surface area contributed by atoms with E-state index in [0.29, 0.717) is 11.4 Å². The molecule has 0 aliphatic rings. The summed E-state index contributed by atoms with van der Waals surface area (Å²) in [6, 6.07) is 17.7. The molecule has 2 aromatic carbocycles. The highest BCUT2D eigenvalue weighted by Crippen LogP contribution is 2.20. The Morgan fingerprint density at radius 1 is 1.00 bits per heavy atom. The molecule has 0 unspecified atom stereocenters. The molecule has 4 aromatic rings. The molecular weight excluding hydrogens is 326 g/mol. The Balaban J connectivity index is 1.54. The summed E-state index contributed by atoms with van der Waals surface area (Å²) in [7, 11) is 0. The molecule has 0 atom stereocenters. The second-order valence-electron chi connectivity index (χ2n) is 6.12. The van der Waals surface area contributed by atoms with E-state index in [4.69, 9.17) is 5.11 Å². The number of aryl methyl sites for hydroxylation is 2. The van der Waals surface area contributed by atoms with Crippen molar-refractivity contribution in [3.05, 3.63) is 84.4 Å². The van der Waals surface area contributed by atoms with Gasteiger partial charge in [-0.15, -0.1) is 0 Å². The number of pyridine rings is 1. The first-order valence-corrected chi connectivity index (χ1v) is 8.39. The summed E-state index contributed by atoms with van der Waals surface area (Å²) in [6.07, 6.45) is 6.04. The van der Waals surface area contributed by atoms with Gasteiger partial charge in [0.15, 0.2) is 0 Å². The summed E-state index contributed by atoms with van der Waals surface area (Å²) >= 11 is 0. The van der Waals surface area contributed by atoms with Gasteiger partial charge in [0.05, 0.1) is 17.6 Å². The van der Waals surface area contributed by atoms with Gasteiger partial charge < -0.3 is 9.67 Å². The number of fused-ring (bicyclic) bond motifs is 1. The van der Waals surface area contributed by atoms with Gasteiger partial charge in [-0.25, -0.2) is 9.78 Å². The first-order chi connectivity index (χ1) is 12.7. The van der Waals surface area contributed by atoms with E-state index in [1.54, 1.807) is 12.4 Å². The maximum Gasteiger partial charge on any atom is 0.335 e. The number of aromatic carboxylic acids is 1. The third-order valence-electron chi connectivity index (χ3n) is 4.42. The van der Waals surface area contributed by atoms with Crippen LogP contribution in [-0.4, -0.2) is 25.6 Å². The zero-order chi connectivity index (χ0) is 17.9. The summed E-state index contributed by atoms with van der Waals surface area (Å²) < 4.78 is 2.01. The van der Waals surface area contributed by atoms with Gasteiger partial charge in [-0.2, -0.15) is 0 Å². The van der Waals surface area contributed by atoms with Crippen LogP contribution >= 0.6 is 0 Å². The predicted molar refractivity (Wildman–Crippen MR) is 100 cm³/mol. The molecule has 5 heteroatoms. The van der Waals surface area contributed by atoms with Crippen LogP contribution in [0, 0.1) is 0 Å². The molecule has 0 saturated heterocycles. The van der Waals surface area contributed by atoms with Crippen molar-refractivity contribution in [2.24, 2.45) is 0 Å². The van der Waals surface area contributed by atoms with Crippen LogP contribution in [0.1, 0.15) is 15.9 Å². The number of rotatable bonds is 5. The number of nitrogens with zero attached hydrogens (tertiary/aromatic N) is 3. The molecule has 26 heavy (non-hydrogen) atoms. The highest BCUT2D eigenvalue weighted by atomic mass is 16.4. The van der Waals surface area contributed by atoms with Crippen LogP contribution in [0.25, 0.3) is 22.2 Å². The molecule has 128 valence electrons. The molecule has 2 aromatic heterocycles. The third-order valence-corrected chi connectivity index (χ3v) is 4.42. The zero-order valence-electron chi connectivity index (χ0n) is 14.0. The highest BCUT2D eigenvalue weighted by molar-refractivity contribution is 5.88. The quantitative estimate of drug-likeness (QED) is 0.594. The number of hydrogen-bond acceptors (Lipinski definition) is 3. The van der Waals surface area contributed by atoms with E-state index in [0.717, 1.165) is 13.0 Å². The van der Waals surface area contributed by atoms with E-state index in [1.807, 2.05) is 16.8 Å². The molecule has 0 spiro atoms. The number of hydrogen-bond donors (Lipinski definition) is 1. The van der Waals surface area contributed by atoms with Crippen molar-refractivity contribution in [1.29, 1.82) is 0 Å². The lowest BCUT2D eigenvalue weighted by Crippen LogP contribution is -1.99. The van der Waals surface area contributed by atoms with Crippen LogP contribution in [0.2, 0.25) is 0 Å². The number of imidazole rings is 1. The van der Waals surface area contributed by atoms with Gasteiger partial charge in [-0.3, -0.25) is 4.98 Å². The van der Waals surface area contributed by atoms with Crippen LogP contribution in [0.3, 0.4) is 0 Å². The lowest BCUT2D eigenvalue weighted by molar-refractivity contribution is 0.0697. The molecule has 0 saturated carbocycles. The van der Waals surface area contributed by atoms with E-state index >= 15 is 0 Å². The van der Waals surface area contributed by atoms with E-state index in [2.05, 4.69) is 46.4 Å². The molecule has 1 N–H and O–H groups in total. The Bertz CT molecular complexity index is 1080. The average Bonchev–Trinajstić information content (AvgIpc) is 3.15. The maximum absolute atomic E-state index is 11.1. The minimum Gasteiger partial charge on any atom is -0.478 e. The molecule has 0 amide bonds. The van der Waals surface area contributed by atoms with Crippen molar-refractivity contribution in [2.75, 3.05) is 0 Å². The van der Waals surface area contributed by atoms with Gasteiger partial charge >= 0.3 is 5.97 Å². The SMILES string of the molecule is O=C(O)c1ccnc(-c2cn(CCc3cccc4ccccc34)cn2)c1. The molecule has 4 rings (SSSR count). The number of carbonyl (C=O) groups is 1. The van der Waals surface area contributed by atoms with Crippen molar-refractivity contribution in [3.8, 4) is 11.4 Å². The lowest BCUT2D eigenvalue weighted by atomic mass is 10.0. The molecule has 0 fully saturated rings. The number of carboxylic acids is 1. The molecule has 2 heterocycles. The topological polar surface area (TPSA) is 68.0 Å². The molecule has 0 radical (unpaired) electrons. The van der Waals surface area contributed by atoms with Crippen LogP contribution in [-0.2, 0) is 13.0 Å². The molecule has 0 aliphatic carbocycles. The highest BCUT2D eigenvalue weighted by Gasteiger charge is 2.09. The van der Waals surface area contributed by atoms with E-state index in [1.165, 1.54) is 28.6 Å². The monoisotopic (exact) mass is 343 g/mol. The average molecular weight is 343 g/mol. The maximum atomic E-state index is 11.1. The summed E-state index contributed by atoms with van der Waals surface area (Å²) in [5, 5.41) is 11.6. The Labute approximate surface area is 150 Å². The molecular formula is C21H17N3O2. The Morgan fingerprint density at radius 2 is 1.85 bits per heavy atom. The molecule has 5 nitrogen and oxygen atoms in total. The summed E-state index contributed by atoms with van der Waals surface area (Å²) in [6.45, 7) is 0.791. The largest absolute Gasteiger partial charge is 0.478 e. The van der Waals surface area contributed by atoms with E-state index in [-0.39, 0.29) is 5.56 Å². The standard InChI is InChI=1S/C21H17N3O2/c25-21(26)17-8-10-22-19(12-17)20-13-24(14-23-20)11-9-16-6-3-5-15-4-1-2-7-18(15)16/h1-8,10,12-14H,9,11H2,(H,25,26). The van der Waals surface area contributed by atoms with Gasteiger partial charge in [0.2, 0.25) is 0 Å². The normalized spacial score (nSPS) is 10.9. The van der Waals surface area contributed by atoms with Crippen molar-refractivity contribution < 1.29 is 9.90 Å². The summed E-state index contributed by atoms with van der Waals surface area (Å²) in [4.78, 5) is 19.7. The van der Waals surface area contributed by atoms with Gasteiger partial charge in [0, 0.05) is 18.9 Å². The molecule has 0 bridgehead atoms. The van der Waals surface area contributed by atoms with Gasteiger partial charge in [0.25, 0.3) is 0 Å². The Hall–Kier alpha value is -3.47.